The van der Waals surface area contributed by atoms with Crippen LogP contribution in [-0.4, -0.2) is 35.9 Å². The molecule has 2 heterocycles. The number of carbonyl (C=O) groups is 1. The van der Waals surface area contributed by atoms with Crippen molar-refractivity contribution in [2.24, 2.45) is 5.73 Å². The Balaban J connectivity index is 1.69. The Kier molecular flexibility index (Phi) is 4.85. The maximum absolute atomic E-state index is 12.9. The molecule has 1 aliphatic rings. The summed E-state index contributed by atoms with van der Waals surface area (Å²) in [6.45, 7) is 0.352. The SMILES string of the molecule is COc1cccc(C(N)=O)c1-c1n[nH]c2c1CN(S(=O)(=O)Cc1ccccc1)C2. The number of fused-ring (bicyclic) bond motifs is 1. The molecule has 0 spiro atoms. The number of ether oxygens (including phenoxy) is 1. The Morgan fingerprint density at radius 3 is 2.62 bits per heavy atom. The number of carbonyl (C=O) groups excluding carboxylic acids is 1. The molecular formula is C20H20N4O4S. The number of hydrogen-bond donors (Lipinski definition) is 2. The maximum Gasteiger partial charge on any atom is 0.249 e. The van der Waals surface area contributed by atoms with Crippen LogP contribution in [0.15, 0.2) is 48.5 Å². The van der Waals surface area contributed by atoms with Crippen molar-refractivity contribution in [1.82, 2.24) is 14.5 Å². The van der Waals surface area contributed by atoms with Gasteiger partial charge in [-0.1, -0.05) is 36.4 Å². The second-order valence-corrected chi connectivity index (χ2v) is 8.76. The third-order valence-corrected chi connectivity index (χ3v) is 6.70. The van der Waals surface area contributed by atoms with E-state index >= 15 is 0 Å². The maximum atomic E-state index is 12.9. The summed E-state index contributed by atoms with van der Waals surface area (Å²) in [6.07, 6.45) is 0. The number of amides is 1. The number of sulfonamides is 1. The van der Waals surface area contributed by atoms with E-state index in [1.807, 2.05) is 18.2 Å². The molecule has 9 heteroatoms. The molecule has 1 aromatic heterocycles. The van der Waals surface area contributed by atoms with Gasteiger partial charge in [-0.2, -0.15) is 9.40 Å². The van der Waals surface area contributed by atoms with Crippen LogP contribution in [0.4, 0.5) is 0 Å². The van der Waals surface area contributed by atoms with Crippen molar-refractivity contribution in [2.75, 3.05) is 7.11 Å². The van der Waals surface area contributed by atoms with Crippen LogP contribution in [0.2, 0.25) is 0 Å². The van der Waals surface area contributed by atoms with E-state index in [2.05, 4.69) is 10.2 Å². The highest BCUT2D eigenvalue weighted by atomic mass is 32.2. The first kappa shape index (κ1) is 19.2. The molecule has 0 saturated heterocycles. The normalized spacial score (nSPS) is 14.0. The molecule has 1 amide bonds. The molecule has 1 aliphatic heterocycles. The van der Waals surface area contributed by atoms with Crippen LogP contribution in [0.1, 0.15) is 27.2 Å². The molecule has 0 atom stereocenters. The zero-order valence-electron chi connectivity index (χ0n) is 15.8. The third-order valence-electron chi connectivity index (χ3n) is 4.96. The average Bonchev–Trinajstić information content (AvgIpc) is 3.29. The zero-order chi connectivity index (χ0) is 20.6. The first-order chi connectivity index (χ1) is 13.9. The van der Waals surface area contributed by atoms with E-state index < -0.39 is 15.9 Å². The molecule has 0 radical (unpaired) electrons. The van der Waals surface area contributed by atoms with Gasteiger partial charge in [-0.3, -0.25) is 9.89 Å². The van der Waals surface area contributed by atoms with Crippen molar-refractivity contribution >= 4 is 15.9 Å². The van der Waals surface area contributed by atoms with Crippen LogP contribution in [0.5, 0.6) is 5.75 Å². The number of nitrogens with one attached hydrogen (secondary N) is 1. The molecule has 0 aliphatic carbocycles. The summed E-state index contributed by atoms with van der Waals surface area (Å²) in [7, 11) is -2.04. The molecule has 4 rings (SSSR count). The summed E-state index contributed by atoms with van der Waals surface area (Å²) >= 11 is 0. The molecule has 2 aromatic carbocycles. The first-order valence-electron chi connectivity index (χ1n) is 8.95. The molecule has 0 fully saturated rings. The summed E-state index contributed by atoms with van der Waals surface area (Å²) in [4.78, 5) is 11.9. The van der Waals surface area contributed by atoms with Crippen LogP contribution >= 0.6 is 0 Å². The molecule has 0 bridgehead atoms. The van der Waals surface area contributed by atoms with E-state index in [9.17, 15) is 13.2 Å². The van der Waals surface area contributed by atoms with Crippen molar-refractivity contribution in [3.63, 3.8) is 0 Å². The highest BCUT2D eigenvalue weighted by Crippen LogP contribution is 2.38. The summed E-state index contributed by atoms with van der Waals surface area (Å²) in [6, 6.07) is 14.0. The lowest BCUT2D eigenvalue weighted by Gasteiger charge is -2.16. The third kappa shape index (κ3) is 3.50. The van der Waals surface area contributed by atoms with E-state index in [1.165, 1.54) is 11.4 Å². The van der Waals surface area contributed by atoms with E-state index in [-0.39, 0.29) is 24.4 Å². The highest BCUT2D eigenvalue weighted by molar-refractivity contribution is 7.88. The molecule has 150 valence electrons. The van der Waals surface area contributed by atoms with E-state index in [4.69, 9.17) is 10.5 Å². The lowest BCUT2D eigenvalue weighted by atomic mass is 9.99. The molecule has 8 nitrogen and oxygen atoms in total. The average molecular weight is 412 g/mol. The number of methoxy groups -OCH3 is 1. The van der Waals surface area contributed by atoms with Gasteiger partial charge in [0.15, 0.2) is 0 Å². The highest BCUT2D eigenvalue weighted by Gasteiger charge is 2.34. The summed E-state index contributed by atoms with van der Waals surface area (Å²) in [5.41, 5.74) is 8.87. The predicted octanol–water partition coefficient (Wildman–Crippen LogP) is 2.03. The van der Waals surface area contributed by atoms with Gasteiger partial charge in [0.1, 0.15) is 11.4 Å². The van der Waals surface area contributed by atoms with Gasteiger partial charge >= 0.3 is 0 Å². The lowest BCUT2D eigenvalue weighted by molar-refractivity contribution is 0.100. The van der Waals surface area contributed by atoms with Gasteiger partial charge in [0, 0.05) is 12.1 Å². The molecule has 29 heavy (non-hydrogen) atoms. The van der Waals surface area contributed by atoms with Crippen LogP contribution in [0, 0.1) is 0 Å². The Morgan fingerprint density at radius 1 is 1.17 bits per heavy atom. The van der Waals surface area contributed by atoms with Crippen molar-refractivity contribution in [3.8, 4) is 17.0 Å². The lowest BCUT2D eigenvalue weighted by Crippen LogP contribution is -2.27. The fourth-order valence-electron chi connectivity index (χ4n) is 3.54. The van der Waals surface area contributed by atoms with Gasteiger partial charge in [0.25, 0.3) is 0 Å². The first-order valence-corrected chi connectivity index (χ1v) is 10.6. The van der Waals surface area contributed by atoms with Gasteiger partial charge in [-0.25, -0.2) is 8.42 Å². The van der Waals surface area contributed by atoms with Crippen LogP contribution in [0.25, 0.3) is 11.3 Å². The predicted molar refractivity (Wildman–Crippen MR) is 107 cm³/mol. The number of nitrogens with two attached hydrogens (primary N) is 1. The Bertz CT molecular complexity index is 1170. The van der Waals surface area contributed by atoms with Gasteiger partial charge in [-0.15, -0.1) is 0 Å². The minimum absolute atomic E-state index is 0.0813. The Hall–Kier alpha value is -3.17. The Morgan fingerprint density at radius 2 is 1.93 bits per heavy atom. The Labute approximate surface area is 168 Å². The summed E-state index contributed by atoms with van der Waals surface area (Å²) in [5, 5.41) is 7.23. The molecule has 3 aromatic rings. The van der Waals surface area contributed by atoms with Gasteiger partial charge in [0.05, 0.1) is 36.2 Å². The smallest absolute Gasteiger partial charge is 0.249 e. The standard InChI is InChI=1S/C20H20N4O4S/c1-28-17-9-5-8-14(20(21)25)18(17)19-15-10-24(11-16(15)22-23-19)29(26,27)12-13-6-3-2-4-7-13/h2-9H,10-12H2,1H3,(H2,21,25)(H,22,23). The van der Waals surface area contributed by atoms with Crippen molar-refractivity contribution < 1.29 is 17.9 Å². The van der Waals surface area contributed by atoms with E-state index in [0.717, 1.165) is 5.56 Å². The largest absolute Gasteiger partial charge is 0.496 e. The number of H-pyrrole nitrogens is 1. The number of rotatable bonds is 6. The second kappa shape index (κ2) is 7.34. The number of benzene rings is 2. The minimum atomic E-state index is -3.53. The van der Waals surface area contributed by atoms with Gasteiger partial charge < -0.3 is 10.5 Å². The second-order valence-electron chi connectivity index (χ2n) is 6.79. The molecule has 0 unspecified atom stereocenters. The summed E-state index contributed by atoms with van der Waals surface area (Å²) < 4.78 is 32.6. The van der Waals surface area contributed by atoms with Crippen molar-refractivity contribution in [3.05, 3.63) is 70.9 Å². The quantitative estimate of drug-likeness (QED) is 0.642. The number of aromatic amines is 1. The molecule has 3 N–H and O–H groups in total. The van der Waals surface area contributed by atoms with Crippen LogP contribution < -0.4 is 10.5 Å². The van der Waals surface area contributed by atoms with Crippen LogP contribution in [-0.2, 0) is 28.9 Å². The van der Waals surface area contributed by atoms with E-state index in [1.54, 1.807) is 30.3 Å². The van der Waals surface area contributed by atoms with E-state index in [0.29, 0.717) is 28.3 Å². The number of primary amides is 1. The van der Waals surface area contributed by atoms with Crippen LogP contribution in [0.3, 0.4) is 0 Å². The number of aromatic nitrogens is 2. The number of hydrogen-bond acceptors (Lipinski definition) is 5. The fourth-order valence-corrected chi connectivity index (χ4v) is 4.99. The monoisotopic (exact) mass is 412 g/mol. The van der Waals surface area contributed by atoms with Crippen molar-refractivity contribution in [2.45, 2.75) is 18.8 Å². The van der Waals surface area contributed by atoms with Gasteiger partial charge in [-0.05, 0) is 17.7 Å². The summed E-state index contributed by atoms with van der Waals surface area (Å²) in [5.74, 6) is -0.245. The molecular weight excluding hydrogens is 392 g/mol. The zero-order valence-corrected chi connectivity index (χ0v) is 16.6. The van der Waals surface area contributed by atoms with Gasteiger partial charge in [0.2, 0.25) is 15.9 Å². The topological polar surface area (TPSA) is 118 Å². The number of nitrogens with zero attached hydrogens (tertiary/aromatic N) is 2. The fraction of sp³-hybridized carbons (Fsp3) is 0.200. The minimum Gasteiger partial charge on any atom is -0.496 e. The molecule has 0 saturated carbocycles. The van der Waals surface area contributed by atoms with Crippen molar-refractivity contribution in [1.29, 1.82) is 0 Å².